The van der Waals surface area contributed by atoms with Gasteiger partial charge in [0.1, 0.15) is 12.6 Å². The average Bonchev–Trinajstić information content (AvgIpc) is 2.85. The largest absolute Gasteiger partial charge is 0.355 e. The van der Waals surface area contributed by atoms with Crippen LogP contribution in [0.15, 0.2) is 72.8 Å². The number of likely N-dealkylation sites (N-methyl/N-ethyl adjacent to an activating group) is 1. The number of carbonyl (C=O) groups is 2. The second-order valence-corrected chi connectivity index (χ2v) is 11.7. The number of aryl methyl sites for hydroxylation is 2. The SMILES string of the molecule is CCNC(=O)[C@H](Cc1ccccc1)N(Cc1cccc(Cl)c1)C(=O)CN(c1ccc(C)cc1C)S(C)(=O)=O. The lowest BCUT2D eigenvalue weighted by atomic mass is 10.0. The molecule has 0 bridgehead atoms. The van der Waals surface area contributed by atoms with E-state index >= 15 is 0 Å². The molecule has 3 aromatic carbocycles. The number of nitrogens with one attached hydrogen (secondary N) is 1. The van der Waals surface area contributed by atoms with Crippen LogP contribution in [0.25, 0.3) is 0 Å². The molecule has 1 atom stereocenters. The van der Waals surface area contributed by atoms with E-state index in [-0.39, 0.29) is 18.9 Å². The van der Waals surface area contributed by atoms with Crippen molar-refractivity contribution in [3.63, 3.8) is 0 Å². The Labute approximate surface area is 230 Å². The molecule has 3 aromatic rings. The van der Waals surface area contributed by atoms with Crippen LogP contribution < -0.4 is 9.62 Å². The van der Waals surface area contributed by atoms with Crippen molar-refractivity contribution in [1.29, 1.82) is 0 Å². The van der Waals surface area contributed by atoms with Crippen LogP contribution in [-0.4, -0.2) is 50.5 Å². The standard InChI is InChI=1S/C29H34ClN3O4S/c1-5-31-29(35)27(18-23-10-7-6-8-11-23)32(19-24-12-9-13-25(30)17-24)28(34)20-33(38(4,36)37)26-15-14-21(2)16-22(26)3/h6-17,27H,5,18-20H2,1-4H3,(H,31,35)/t27-/m0/s1. The number of benzene rings is 3. The molecule has 0 aliphatic heterocycles. The normalized spacial score (nSPS) is 12.0. The van der Waals surface area contributed by atoms with Gasteiger partial charge in [-0.05, 0) is 55.7 Å². The number of carbonyl (C=O) groups excluding carboxylic acids is 2. The van der Waals surface area contributed by atoms with Crippen LogP contribution in [-0.2, 0) is 32.6 Å². The highest BCUT2D eigenvalue weighted by Crippen LogP contribution is 2.25. The molecular weight excluding hydrogens is 522 g/mol. The van der Waals surface area contributed by atoms with Crippen molar-refractivity contribution in [3.8, 4) is 0 Å². The Morgan fingerprint density at radius 1 is 0.947 bits per heavy atom. The van der Waals surface area contributed by atoms with Crippen molar-refractivity contribution >= 4 is 39.1 Å². The Morgan fingerprint density at radius 3 is 2.24 bits per heavy atom. The van der Waals surface area contributed by atoms with Crippen molar-refractivity contribution in [1.82, 2.24) is 10.2 Å². The molecule has 0 saturated carbocycles. The zero-order chi connectivity index (χ0) is 27.9. The first-order valence-corrected chi connectivity index (χ1v) is 14.6. The molecule has 0 aliphatic carbocycles. The topological polar surface area (TPSA) is 86.8 Å². The van der Waals surface area contributed by atoms with E-state index in [1.165, 1.54) is 4.90 Å². The third-order valence-electron chi connectivity index (χ3n) is 6.16. The van der Waals surface area contributed by atoms with E-state index in [2.05, 4.69) is 5.32 Å². The molecule has 7 nitrogen and oxygen atoms in total. The maximum Gasteiger partial charge on any atom is 0.244 e. The molecular formula is C29H34ClN3O4S. The molecule has 2 amide bonds. The Balaban J connectivity index is 2.06. The van der Waals surface area contributed by atoms with Gasteiger partial charge in [-0.25, -0.2) is 8.42 Å². The summed E-state index contributed by atoms with van der Waals surface area (Å²) < 4.78 is 26.9. The molecule has 0 aliphatic rings. The predicted octanol–water partition coefficient (Wildman–Crippen LogP) is 4.50. The first-order chi connectivity index (χ1) is 18.0. The summed E-state index contributed by atoms with van der Waals surface area (Å²) in [4.78, 5) is 28.8. The van der Waals surface area contributed by atoms with Crippen molar-refractivity contribution in [2.45, 2.75) is 39.8 Å². The third kappa shape index (κ3) is 7.82. The quantitative estimate of drug-likeness (QED) is 0.377. The van der Waals surface area contributed by atoms with Gasteiger partial charge in [-0.2, -0.15) is 0 Å². The molecule has 0 unspecified atom stereocenters. The molecule has 38 heavy (non-hydrogen) atoms. The molecule has 0 radical (unpaired) electrons. The highest BCUT2D eigenvalue weighted by Gasteiger charge is 2.33. The number of anilines is 1. The fraction of sp³-hybridized carbons (Fsp3) is 0.310. The minimum Gasteiger partial charge on any atom is -0.355 e. The van der Waals surface area contributed by atoms with Gasteiger partial charge in [-0.3, -0.25) is 13.9 Å². The number of rotatable bonds is 11. The minimum absolute atomic E-state index is 0.0819. The Bertz CT molecular complexity index is 1380. The number of sulfonamides is 1. The van der Waals surface area contributed by atoms with Crippen LogP contribution in [0, 0.1) is 13.8 Å². The molecule has 202 valence electrons. The third-order valence-corrected chi connectivity index (χ3v) is 7.53. The van der Waals surface area contributed by atoms with Gasteiger partial charge in [0, 0.05) is 24.5 Å². The van der Waals surface area contributed by atoms with Gasteiger partial charge >= 0.3 is 0 Å². The van der Waals surface area contributed by atoms with Crippen LogP contribution >= 0.6 is 11.6 Å². The van der Waals surface area contributed by atoms with Gasteiger partial charge in [0.2, 0.25) is 21.8 Å². The Kier molecular flexibility index (Phi) is 9.94. The van der Waals surface area contributed by atoms with Gasteiger partial charge in [0.25, 0.3) is 0 Å². The van der Waals surface area contributed by atoms with Gasteiger partial charge < -0.3 is 10.2 Å². The predicted molar refractivity (Wildman–Crippen MR) is 153 cm³/mol. The van der Waals surface area contributed by atoms with Crippen LogP contribution in [0.4, 0.5) is 5.69 Å². The number of halogens is 1. The molecule has 0 heterocycles. The lowest BCUT2D eigenvalue weighted by molar-refractivity contribution is -0.140. The van der Waals surface area contributed by atoms with Gasteiger partial charge in [0.15, 0.2) is 0 Å². The summed E-state index contributed by atoms with van der Waals surface area (Å²) in [6.07, 6.45) is 1.34. The number of amides is 2. The average molecular weight is 556 g/mol. The van der Waals surface area contributed by atoms with Crippen LogP contribution in [0.5, 0.6) is 0 Å². The van der Waals surface area contributed by atoms with Crippen molar-refractivity contribution in [2.75, 3.05) is 23.7 Å². The van der Waals surface area contributed by atoms with E-state index in [0.717, 1.165) is 32.8 Å². The molecule has 9 heteroatoms. The molecule has 0 aromatic heterocycles. The monoisotopic (exact) mass is 555 g/mol. The summed E-state index contributed by atoms with van der Waals surface area (Å²) in [5, 5.41) is 3.34. The maximum absolute atomic E-state index is 14.0. The summed E-state index contributed by atoms with van der Waals surface area (Å²) in [6.45, 7) is 5.56. The van der Waals surface area contributed by atoms with E-state index in [4.69, 9.17) is 11.6 Å². The second-order valence-electron chi connectivity index (χ2n) is 9.31. The minimum atomic E-state index is -3.81. The first-order valence-electron chi connectivity index (χ1n) is 12.4. The van der Waals surface area contributed by atoms with Crippen molar-refractivity contribution in [2.24, 2.45) is 0 Å². The van der Waals surface area contributed by atoms with Crippen LogP contribution in [0.1, 0.15) is 29.2 Å². The molecule has 3 rings (SSSR count). The van der Waals surface area contributed by atoms with E-state index in [0.29, 0.717) is 17.3 Å². The van der Waals surface area contributed by atoms with Crippen molar-refractivity contribution in [3.05, 3.63) is 100 Å². The zero-order valence-corrected chi connectivity index (χ0v) is 23.7. The van der Waals surface area contributed by atoms with E-state index in [9.17, 15) is 18.0 Å². The summed E-state index contributed by atoms with van der Waals surface area (Å²) >= 11 is 6.21. The number of hydrogen-bond donors (Lipinski definition) is 1. The van der Waals surface area contributed by atoms with E-state index in [1.54, 1.807) is 24.3 Å². The van der Waals surface area contributed by atoms with Gasteiger partial charge in [-0.1, -0.05) is 71.8 Å². The van der Waals surface area contributed by atoms with Crippen LogP contribution in [0.3, 0.4) is 0 Å². The summed E-state index contributed by atoms with van der Waals surface area (Å²) in [5.41, 5.74) is 3.74. The lowest BCUT2D eigenvalue weighted by Crippen LogP contribution is -2.53. The zero-order valence-electron chi connectivity index (χ0n) is 22.1. The molecule has 1 N–H and O–H groups in total. The van der Waals surface area contributed by atoms with Crippen LogP contribution in [0.2, 0.25) is 5.02 Å². The summed E-state index contributed by atoms with van der Waals surface area (Å²) in [5.74, 6) is -0.813. The van der Waals surface area contributed by atoms with Gasteiger partial charge in [0.05, 0.1) is 11.9 Å². The van der Waals surface area contributed by atoms with Crippen molar-refractivity contribution < 1.29 is 18.0 Å². The fourth-order valence-electron chi connectivity index (χ4n) is 4.36. The number of hydrogen-bond acceptors (Lipinski definition) is 4. The van der Waals surface area contributed by atoms with E-state index < -0.39 is 28.5 Å². The highest BCUT2D eigenvalue weighted by molar-refractivity contribution is 7.92. The highest BCUT2D eigenvalue weighted by atomic mass is 35.5. The van der Waals surface area contributed by atoms with E-state index in [1.807, 2.05) is 69.3 Å². The summed E-state index contributed by atoms with van der Waals surface area (Å²) in [6, 6.07) is 21.0. The number of nitrogens with zero attached hydrogens (tertiary/aromatic N) is 2. The molecule has 0 spiro atoms. The maximum atomic E-state index is 14.0. The Morgan fingerprint density at radius 2 is 1.63 bits per heavy atom. The fourth-order valence-corrected chi connectivity index (χ4v) is 5.48. The second kappa shape index (κ2) is 12.9. The molecule has 0 saturated heterocycles. The summed E-state index contributed by atoms with van der Waals surface area (Å²) in [7, 11) is -3.81. The molecule has 0 fully saturated rings. The lowest BCUT2D eigenvalue weighted by Gasteiger charge is -2.33. The smallest absolute Gasteiger partial charge is 0.244 e. The first kappa shape index (κ1) is 29.2. The Hall–Kier alpha value is -3.36. The van der Waals surface area contributed by atoms with Gasteiger partial charge in [-0.15, -0.1) is 0 Å².